The molecule has 0 radical (unpaired) electrons. The number of carbonyl (C=O) groups is 1. The van der Waals surface area contributed by atoms with E-state index in [9.17, 15) is 13.2 Å². The van der Waals surface area contributed by atoms with Crippen LogP contribution in [0.25, 0.3) is 0 Å². The number of halogens is 1. The number of rotatable bonds is 4. The van der Waals surface area contributed by atoms with Crippen LogP contribution in [0.2, 0.25) is 0 Å². The maximum absolute atomic E-state index is 11.3. The molecule has 1 N–H and O–H groups in total. The Kier molecular flexibility index (Phi) is 4.50. The predicted octanol–water partition coefficient (Wildman–Crippen LogP) is 1.77. The minimum atomic E-state index is -3.72. The molecule has 0 fully saturated rings. The van der Waals surface area contributed by atoms with Gasteiger partial charge in [0, 0.05) is 3.57 Å². The summed E-state index contributed by atoms with van der Waals surface area (Å²) in [5.41, 5.74) is 0.816. The Hall–Kier alpha value is -0.670. The SMILES string of the molecule is COS(=O)(=O)Cc1ccc(I)c(C)c1C(=O)O. The van der Waals surface area contributed by atoms with E-state index < -0.39 is 21.8 Å². The molecule has 0 amide bonds. The molecule has 0 bridgehead atoms. The van der Waals surface area contributed by atoms with Gasteiger partial charge in [-0.2, -0.15) is 8.42 Å². The van der Waals surface area contributed by atoms with Gasteiger partial charge in [0.15, 0.2) is 0 Å². The fourth-order valence-corrected chi connectivity index (χ4v) is 2.60. The molecule has 0 aromatic heterocycles. The highest BCUT2D eigenvalue weighted by Crippen LogP contribution is 2.22. The second kappa shape index (κ2) is 5.32. The van der Waals surface area contributed by atoms with Gasteiger partial charge in [-0.25, -0.2) is 4.79 Å². The molecule has 0 saturated heterocycles. The van der Waals surface area contributed by atoms with Gasteiger partial charge in [-0.05, 0) is 46.7 Å². The molecule has 1 rings (SSSR count). The van der Waals surface area contributed by atoms with E-state index in [1.165, 1.54) is 6.07 Å². The largest absolute Gasteiger partial charge is 0.478 e. The minimum Gasteiger partial charge on any atom is -0.478 e. The molecule has 0 saturated carbocycles. The van der Waals surface area contributed by atoms with E-state index in [0.29, 0.717) is 5.56 Å². The van der Waals surface area contributed by atoms with Gasteiger partial charge >= 0.3 is 5.97 Å². The lowest BCUT2D eigenvalue weighted by Crippen LogP contribution is -2.12. The molecular weight excluding hydrogens is 359 g/mol. The van der Waals surface area contributed by atoms with Crippen molar-refractivity contribution in [1.29, 1.82) is 0 Å². The number of benzene rings is 1. The van der Waals surface area contributed by atoms with E-state index in [0.717, 1.165) is 10.7 Å². The molecule has 0 aliphatic rings. The van der Waals surface area contributed by atoms with Crippen molar-refractivity contribution in [1.82, 2.24) is 0 Å². The molecule has 0 unspecified atom stereocenters. The molecule has 0 spiro atoms. The van der Waals surface area contributed by atoms with Gasteiger partial charge in [0.1, 0.15) is 5.75 Å². The van der Waals surface area contributed by atoms with Crippen LogP contribution in [0.3, 0.4) is 0 Å². The summed E-state index contributed by atoms with van der Waals surface area (Å²) in [4.78, 5) is 11.1. The summed E-state index contributed by atoms with van der Waals surface area (Å²) in [5.74, 6) is -1.58. The van der Waals surface area contributed by atoms with Gasteiger partial charge in [0.25, 0.3) is 10.1 Å². The first-order chi connectivity index (χ1) is 7.78. The molecule has 94 valence electrons. The van der Waals surface area contributed by atoms with Crippen molar-refractivity contribution in [3.05, 3.63) is 32.4 Å². The smallest absolute Gasteiger partial charge is 0.336 e. The van der Waals surface area contributed by atoms with Crippen molar-refractivity contribution in [3.8, 4) is 0 Å². The topological polar surface area (TPSA) is 80.7 Å². The highest BCUT2D eigenvalue weighted by Gasteiger charge is 2.20. The Morgan fingerprint density at radius 1 is 1.47 bits per heavy atom. The monoisotopic (exact) mass is 370 g/mol. The first-order valence-corrected chi connectivity index (χ1v) is 7.23. The molecule has 0 heterocycles. The first kappa shape index (κ1) is 14.4. The van der Waals surface area contributed by atoms with E-state index in [1.54, 1.807) is 13.0 Å². The zero-order valence-electron chi connectivity index (χ0n) is 9.23. The molecule has 1 aromatic carbocycles. The lowest BCUT2D eigenvalue weighted by molar-refractivity contribution is 0.0695. The Morgan fingerprint density at radius 3 is 2.53 bits per heavy atom. The van der Waals surface area contributed by atoms with Gasteiger partial charge < -0.3 is 5.11 Å². The van der Waals surface area contributed by atoms with E-state index >= 15 is 0 Å². The quantitative estimate of drug-likeness (QED) is 0.646. The minimum absolute atomic E-state index is 0.0255. The summed E-state index contributed by atoms with van der Waals surface area (Å²) >= 11 is 2.00. The van der Waals surface area contributed by atoms with Crippen LogP contribution in [0.1, 0.15) is 21.5 Å². The van der Waals surface area contributed by atoms with Crippen LogP contribution in [0.4, 0.5) is 0 Å². The second-order valence-corrected chi connectivity index (χ2v) is 6.28. The third kappa shape index (κ3) is 3.39. The van der Waals surface area contributed by atoms with Crippen molar-refractivity contribution in [3.63, 3.8) is 0 Å². The lowest BCUT2D eigenvalue weighted by Gasteiger charge is -2.10. The summed E-state index contributed by atoms with van der Waals surface area (Å²) in [6, 6.07) is 3.18. The van der Waals surface area contributed by atoms with Gasteiger partial charge in [0.2, 0.25) is 0 Å². The van der Waals surface area contributed by atoms with E-state index in [4.69, 9.17) is 5.11 Å². The van der Waals surface area contributed by atoms with E-state index in [1.807, 2.05) is 22.6 Å². The number of hydrogen-bond acceptors (Lipinski definition) is 4. The van der Waals surface area contributed by atoms with Crippen molar-refractivity contribution in [2.45, 2.75) is 12.7 Å². The van der Waals surface area contributed by atoms with E-state index in [-0.39, 0.29) is 11.1 Å². The molecule has 7 heteroatoms. The summed E-state index contributed by atoms with van der Waals surface area (Å²) in [6.45, 7) is 1.65. The van der Waals surface area contributed by atoms with Crippen molar-refractivity contribution in [2.75, 3.05) is 7.11 Å². The fraction of sp³-hybridized carbons (Fsp3) is 0.300. The molecule has 5 nitrogen and oxygen atoms in total. The van der Waals surface area contributed by atoms with Crippen molar-refractivity contribution >= 4 is 38.7 Å². The standard InChI is InChI=1S/C10H11IO5S/c1-6-8(11)4-3-7(9(6)10(12)13)5-17(14,15)16-2/h3-4H,5H2,1-2H3,(H,12,13). The molecule has 1 aromatic rings. The molecule has 17 heavy (non-hydrogen) atoms. The van der Waals surface area contributed by atoms with Crippen LogP contribution in [-0.2, 0) is 20.1 Å². The molecule has 0 atom stereocenters. The average Bonchev–Trinajstić information content (AvgIpc) is 2.23. The van der Waals surface area contributed by atoms with E-state index in [2.05, 4.69) is 4.18 Å². The predicted molar refractivity (Wildman–Crippen MR) is 70.5 cm³/mol. The highest BCUT2D eigenvalue weighted by atomic mass is 127. The Balaban J connectivity index is 3.35. The fourth-order valence-electron chi connectivity index (χ4n) is 1.41. The number of carboxylic acid groups (broad SMARTS) is 1. The van der Waals surface area contributed by atoms with Crippen LogP contribution in [0.15, 0.2) is 12.1 Å². The molecular formula is C10H11IO5S. The van der Waals surface area contributed by atoms with Crippen LogP contribution in [-0.4, -0.2) is 26.6 Å². The van der Waals surface area contributed by atoms with Gasteiger partial charge in [0.05, 0.1) is 12.7 Å². The maximum atomic E-state index is 11.3. The van der Waals surface area contributed by atoms with Gasteiger partial charge in [-0.15, -0.1) is 0 Å². The number of carboxylic acids is 1. The highest BCUT2D eigenvalue weighted by molar-refractivity contribution is 14.1. The number of aromatic carboxylic acids is 1. The zero-order chi connectivity index (χ0) is 13.2. The first-order valence-electron chi connectivity index (χ1n) is 4.58. The molecule has 0 aliphatic heterocycles. The Labute approximate surface area is 113 Å². The third-order valence-electron chi connectivity index (χ3n) is 2.29. The maximum Gasteiger partial charge on any atom is 0.336 e. The van der Waals surface area contributed by atoms with Gasteiger partial charge in [-0.3, -0.25) is 4.18 Å². The lowest BCUT2D eigenvalue weighted by atomic mass is 10.0. The van der Waals surface area contributed by atoms with Crippen LogP contribution in [0.5, 0.6) is 0 Å². The third-order valence-corrected chi connectivity index (χ3v) is 4.63. The second-order valence-electron chi connectivity index (χ2n) is 3.38. The summed E-state index contributed by atoms with van der Waals surface area (Å²) in [5, 5.41) is 9.10. The zero-order valence-corrected chi connectivity index (χ0v) is 12.2. The summed E-state index contributed by atoms with van der Waals surface area (Å²) in [6.07, 6.45) is 0. The average molecular weight is 370 g/mol. The Bertz CT molecular complexity index is 550. The van der Waals surface area contributed by atoms with Crippen molar-refractivity contribution < 1.29 is 22.5 Å². The number of hydrogen-bond donors (Lipinski definition) is 1. The van der Waals surface area contributed by atoms with Gasteiger partial charge in [-0.1, -0.05) is 6.07 Å². The van der Waals surface area contributed by atoms with Crippen LogP contribution >= 0.6 is 22.6 Å². The normalized spacial score (nSPS) is 11.5. The van der Waals surface area contributed by atoms with Crippen molar-refractivity contribution in [2.24, 2.45) is 0 Å². The van der Waals surface area contributed by atoms with Crippen LogP contribution < -0.4 is 0 Å². The van der Waals surface area contributed by atoms with Crippen LogP contribution in [0, 0.1) is 10.5 Å². The Morgan fingerprint density at radius 2 is 2.06 bits per heavy atom. The molecule has 0 aliphatic carbocycles. The summed E-state index contributed by atoms with van der Waals surface area (Å²) < 4.78 is 27.7. The summed E-state index contributed by atoms with van der Waals surface area (Å²) in [7, 11) is -2.67.